The molecular formula is C20H23FN2O2. The van der Waals surface area contributed by atoms with Gasteiger partial charge in [-0.2, -0.15) is 0 Å². The Kier molecular flexibility index (Phi) is 5.34. The quantitative estimate of drug-likeness (QED) is 0.855. The van der Waals surface area contributed by atoms with E-state index in [1.54, 1.807) is 31.0 Å². The minimum Gasteiger partial charge on any atom is -0.378 e. The standard InChI is InChI=1S/C20H23FN2O2/c1-15-3-6-17(13-19(15)21)20(24)22(2)14-16-4-7-18(8-5-16)23-9-11-25-12-10-23/h3-8,13H,9-12,14H2,1-2H3. The zero-order chi connectivity index (χ0) is 17.8. The third-order valence-corrected chi connectivity index (χ3v) is 4.50. The molecule has 1 heterocycles. The third kappa shape index (κ3) is 4.17. The summed E-state index contributed by atoms with van der Waals surface area (Å²) in [6.07, 6.45) is 0. The molecular weight excluding hydrogens is 319 g/mol. The number of benzene rings is 2. The van der Waals surface area contributed by atoms with Crippen LogP contribution in [0.25, 0.3) is 0 Å². The Morgan fingerprint density at radius 3 is 2.48 bits per heavy atom. The number of hydrogen-bond acceptors (Lipinski definition) is 3. The van der Waals surface area contributed by atoms with Gasteiger partial charge in [0, 0.05) is 37.9 Å². The van der Waals surface area contributed by atoms with E-state index in [0.717, 1.165) is 31.9 Å². The summed E-state index contributed by atoms with van der Waals surface area (Å²) in [5, 5.41) is 0. The first-order valence-corrected chi connectivity index (χ1v) is 8.48. The maximum atomic E-state index is 13.7. The Bertz CT molecular complexity index is 740. The van der Waals surface area contributed by atoms with Gasteiger partial charge in [-0.1, -0.05) is 18.2 Å². The van der Waals surface area contributed by atoms with Crippen LogP contribution in [0.2, 0.25) is 0 Å². The molecule has 1 amide bonds. The number of carbonyl (C=O) groups excluding carboxylic acids is 1. The largest absolute Gasteiger partial charge is 0.378 e. The van der Waals surface area contributed by atoms with Crippen LogP contribution in [0, 0.1) is 12.7 Å². The summed E-state index contributed by atoms with van der Waals surface area (Å²) in [7, 11) is 1.73. The number of ether oxygens (including phenoxy) is 1. The molecule has 25 heavy (non-hydrogen) atoms. The van der Waals surface area contributed by atoms with Crippen molar-refractivity contribution in [3.05, 3.63) is 65.0 Å². The Labute approximate surface area is 147 Å². The smallest absolute Gasteiger partial charge is 0.253 e. The lowest BCUT2D eigenvalue weighted by Crippen LogP contribution is -2.36. The first-order chi connectivity index (χ1) is 12.0. The van der Waals surface area contributed by atoms with Gasteiger partial charge in [0.25, 0.3) is 5.91 Å². The van der Waals surface area contributed by atoms with Crippen LogP contribution < -0.4 is 4.90 Å². The van der Waals surface area contributed by atoms with Crippen molar-refractivity contribution >= 4 is 11.6 Å². The predicted octanol–water partition coefficient (Wildman–Crippen LogP) is 3.24. The van der Waals surface area contributed by atoms with E-state index >= 15 is 0 Å². The van der Waals surface area contributed by atoms with E-state index in [9.17, 15) is 9.18 Å². The first-order valence-electron chi connectivity index (χ1n) is 8.48. The summed E-state index contributed by atoms with van der Waals surface area (Å²) in [6, 6.07) is 12.8. The monoisotopic (exact) mass is 342 g/mol. The van der Waals surface area contributed by atoms with Crippen molar-refractivity contribution in [2.75, 3.05) is 38.3 Å². The molecule has 0 radical (unpaired) electrons. The van der Waals surface area contributed by atoms with E-state index in [4.69, 9.17) is 4.74 Å². The van der Waals surface area contributed by atoms with Crippen LogP contribution >= 0.6 is 0 Å². The van der Waals surface area contributed by atoms with Crippen LogP contribution in [0.4, 0.5) is 10.1 Å². The molecule has 0 atom stereocenters. The van der Waals surface area contributed by atoms with Gasteiger partial charge in [-0.15, -0.1) is 0 Å². The van der Waals surface area contributed by atoms with E-state index in [2.05, 4.69) is 17.0 Å². The normalized spacial score (nSPS) is 14.4. The van der Waals surface area contributed by atoms with Crippen LogP contribution in [0.1, 0.15) is 21.5 Å². The molecule has 1 aliphatic heterocycles. The van der Waals surface area contributed by atoms with Crippen molar-refractivity contribution < 1.29 is 13.9 Å². The number of anilines is 1. The maximum Gasteiger partial charge on any atom is 0.253 e. The second kappa shape index (κ2) is 7.66. The molecule has 0 saturated carbocycles. The molecule has 4 nitrogen and oxygen atoms in total. The molecule has 0 unspecified atom stereocenters. The zero-order valence-corrected chi connectivity index (χ0v) is 14.7. The lowest BCUT2D eigenvalue weighted by atomic mass is 10.1. The molecule has 1 saturated heterocycles. The lowest BCUT2D eigenvalue weighted by molar-refractivity contribution is 0.0784. The number of carbonyl (C=O) groups is 1. The predicted molar refractivity (Wildman–Crippen MR) is 96.4 cm³/mol. The number of aryl methyl sites for hydroxylation is 1. The van der Waals surface area contributed by atoms with Crippen molar-refractivity contribution in [1.82, 2.24) is 4.90 Å². The zero-order valence-electron chi connectivity index (χ0n) is 14.7. The van der Waals surface area contributed by atoms with Gasteiger partial charge >= 0.3 is 0 Å². The highest BCUT2D eigenvalue weighted by atomic mass is 19.1. The Balaban J connectivity index is 1.64. The van der Waals surface area contributed by atoms with E-state index in [1.807, 2.05) is 12.1 Å². The molecule has 5 heteroatoms. The molecule has 0 N–H and O–H groups in total. The van der Waals surface area contributed by atoms with Crippen molar-refractivity contribution in [3.8, 4) is 0 Å². The molecule has 0 bridgehead atoms. The minimum atomic E-state index is -0.353. The number of nitrogens with zero attached hydrogens (tertiary/aromatic N) is 2. The number of hydrogen-bond donors (Lipinski definition) is 0. The van der Waals surface area contributed by atoms with E-state index in [0.29, 0.717) is 17.7 Å². The van der Waals surface area contributed by atoms with Crippen molar-refractivity contribution in [2.24, 2.45) is 0 Å². The minimum absolute atomic E-state index is 0.184. The SMILES string of the molecule is Cc1ccc(C(=O)N(C)Cc2ccc(N3CCOCC3)cc2)cc1F. The van der Waals surface area contributed by atoms with Gasteiger partial charge in [0.2, 0.25) is 0 Å². The highest BCUT2D eigenvalue weighted by Crippen LogP contribution is 2.18. The summed E-state index contributed by atoms with van der Waals surface area (Å²) in [5.41, 5.74) is 3.12. The highest BCUT2D eigenvalue weighted by molar-refractivity contribution is 5.94. The van der Waals surface area contributed by atoms with E-state index in [-0.39, 0.29) is 11.7 Å². The molecule has 3 rings (SSSR count). The third-order valence-electron chi connectivity index (χ3n) is 4.50. The summed E-state index contributed by atoms with van der Waals surface area (Å²) < 4.78 is 19.0. The summed E-state index contributed by atoms with van der Waals surface area (Å²) >= 11 is 0. The Hall–Kier alpha value is -2.40. The van der Waals surface area contributed by atoms with Gasteiger partial charge in [0.05, 0.1) is 13.2 Å². The highest BCUT2D eigenvalue weighted by Gasteiger charge is 2.14. The second-order valence-corrected chi connectivity index (χ2v) is 6.39. The van der Waals surface area contributed by atoms with Crippen LogP contribution in [0.3, 0.4) is 0 Å². The average molecular weight is 342 g/mol. The lowest BCUT2D eigenvalue weighted by Gasteiger charge is -2.29. The molecule has 0 aromatic heterocycles. The Morgan fingerprint density at radius 1 is 1.16 bits per heavy atom. The molecule has 1 aliphatic rings. The van der Waals surface area contributed by atoms with Crippen LogP contribution in [0.15, 0.2) is 42.5 Å². The average Bonchev–Trinajstić information content (AvgIpc) is 2.64. The van der Waals surface area contributed by atoms with E-state index < -0.39 is 0 Å². The molecule has 2 aromatic carbocycles. The second-order valence-electron chi connectivity index (χ2n) is 6.39. The number of halogens is 1. The molecule has 1 fully saturated rings. The van der Waals surface area contributed by atoms with Crippen LogP contribution in [-0.2, 0) is 11.3 Å². The number of rotatable bonds is 4. The fourth-order valence-electron chi connectivity index (χ4n) is 2.93. The van der Waals surface area contributed by atoms with Crippen molar-refractivity contribution in [2.45, 2.75) is 13.5 Å². The Morgan fingerprint density at radius 2 is 1.84 bits per heavy atom. The van der Waals surface area contributed by atoms with Gasteiger partial charge in [-0.25, -0.2) is 4.39 Å². The first kappa shape index (κ1) is 17.4. The summed E-state index contributed by atoms with van der Waals surface area (Å²) in [6.45, 7) is 5.48. The summed E-state index contributed by atoms with van der Waals surface area (Å²) in [5.74, 6) is -0.537. The molecule has 0 spiro atoms. The summed E-state index contributed by atoms with van der Waals surface area (Å²) in [4.78, 5) is 16.4. The number of morpholine rings is 1. The fraction of sp³-hybridized carbons (Fsp3) is 0.350. The van der Waals surface area contributed by atoms with Gasteiger partial charge in [-0.05, 0) is 42.3 Å². The van der Waals surface area contributed by atoms with Crippen LogP contribution in [0.5, 0.6) is 0 Å². The van der Waals surface area contributed by atoms with E-state index in [1.165, 1.54) is 11.8 Å². The van der Waals surface area contributed by atoms with Gasteiger partial charge in [0.1, 0.15) is 5.82 Å². The van der Waals surface area contributed by atoms with Gasteiger partial charge < -0.3 is 14.5 Å². The fourth-order valence-corrected chi connectivity index (χ4v) is 2.93. The van der Waals surface area contributed by atoms with Crippen molar-refractivity contribution in [1.29, 1.82) is 0 Å². The molecule has 0 aliphatic carbocycles. The van der Waals surface area contributed by atoms with Gasteiger partial charge in [-0.3, -0.25) is 4.79 Å². The van der Waals surface area contributed by atoms with Crippen molar-refractivity contribution in [3.63, 3.8) is 0 Å². The maximum absolute atomic E-state index is 13.7. The van der Waals surface area contributed by atoms with Crippen LogP contribution in [-0.4, -0.2) is 44.2 Å². The number of amides is 1. The topological polar surface area (TPSA) is 32.8 Å². The van der Waals surface area contributed by atoms with Gasteiger partial charge in [0.15, 0.2) is 0 Å². The molecule has 2 aromatic rings. The molecule has 132 valence electrons.